The SMILES string of the molecule is CCCC(C)C(Cc1ncnn1C)NCC. The van der Waals surface area contributed by atoms with E-state index in [0.29, 0.717) is 12.0 Å². The monoisotopic (exact) mass is 224 g/mol. The molecule has 0 aliphatic heterocycles. The molecule has 4 heteroatoms. The van der Waals surface area contributed by atoms with Crippen LogP contribution in [0.2, 0.25) is 0 Å². The van der Waals surface area contributed by atoms with Gasteiger partial charge in [-0.25, -0.2) is 4.98 Å². The first kappa shape index (κ1) is 13.2. The van der Waals surface area contributed by atoms with E-state index in [9.17, 15) is 0 Å². The predicted molar refractivity (Wildman–Crippen MR) is 66.2 cm³/mol. The fraction of sp³-hybridized carbons (Fsp3) is 0.833. The van der Waals surface area contributed by atoms with E-state index in [2.05, 4.69) is 36.2 Å². The van der Waals surface area contributed by atoms with Gasteiger partial charge < -0.3 is 5.32 Å². The van der Waals surface area contributed by atoms with Crippen LogP contribution in [0.15, 0.2) is 6.33 Å². The van der Waals surface area contributed by atoms with Gasteiger partial charge in [-0.3, -0.25) is 4.68 Å². The van der Waals surface area contributed by atoms with Crippen LogP contribution in [0, 0.1) is 5.92 Å². The number of aryl methyl sites for hydroxylation is 1. The molecular formula is C12H24N4. The Balaban J connectivity index is 2.60. The molecule has 1 aromatic rings. The van der Waals surface area contributed by atoms with Crippen LogP contribution in [0.3, 0.4) is 0 Å². The summed E-state index contributed by atoms with van der Waals surface area (Å²) in [6.45, 7) is 7.72. The molecule has 92 valence electrons. The van der Waals surface area contributed by atoms with Crippen LogP contribution in [-0.2, 0) is 13.5 Å². The van der Waals surface area contributed by atoms with Gasteiger partial charge in [0.05, 0.1) is 0 Å². The molecule has 0 amide bonds. The van der Waals surface area contributed by atoms with E-state index in [0.717, 1.165) is 18.8 Å². The van der Waals surface area contributed by atoms with Gasteiger partial charge in [0.25, 0.3) is 0 Å². The van der Waals surface area contributed by atoms with Crippen molar-refractivity contribution < 1.29 is 0 Å². The number of hydrogen-bond acceptors (Lipinski definition) is 3. The molecule has 1 N–H and O–H groups in total. The maximum Gasteiger partial charge on any atom is 0.138 e. The zero-order valence-corrected chi connectivity index (χ0v) is 10.9. The summed E-state index contributed by atoms with van der Waals surface area (Å²) in [6, 6.07) is 0.507. The second-order valence-electron chi connectivity index (χ2n) is 4.43. The molecule has 1 heterocycles. The highest BCUT2D eigenvalue weighted by Gasteiger charge is 2.18. The minimum absolute atomic E-state index is 0.507. The Hall–Kier alpha value is -0.900. The van der Waals surface area contributed by atoms with Crippen molar-refractivity contribution in [2.75, 3.05) is 6.54 Å². The normalized spacial score (nSPS) is 15.0. The molecule has 16 heavy (non-hydrogen) atoms. The van der Waals surface area contributed by atoms with Gasteiger partial charge >= 0.3 is 0 Å². The van der Waals surface area contributed by atoms with Crippen LogP contribution in [0.4, 0.5) is 0 Å². The Bertz CT molecular complexity index is 295. The summed E-state index contributed by atoms with van der Waals surface area (Å²) < 4.78 is 1.86. The van der Waals surface area contributed by atoms with Crippen molar-refractivity contribution >= 4 is 0 Å². The van der Waals surface area contributed by atoms with Crippen LogP contribution < -0.4 is 5.32 Å². The summed E-state index contributed by atoms with van der Waals surface area (Å²) >= 11 is 0. The summed E-state index contributed by atoms with van der Waals surface area (Å²) in [5.41, 5.74) is 0. The lowest BCUT2D eigenvalue weighted by molar-refractivity contribution is 0.350. The van der Waals surface area contributed by atoms with Gasteiger partial charge in [0.1, 0.15) is 12.2 Å². The lowest BCUT2D eigenvalue weighted by Gasteiger charge is -2.24. The van der Waals surface area contributed by atoms with Gasteiger partial charge in [-0.15, -0.1) is 0 Å². The highest BCUT2D eigenvalue weighted by molar-refractivity contribution is 4.90. The van der Waals surface area contributed by atoms with Gasteiger partial charge in [0.15, 0.2) is 0 Å². The summed E-state index contributed by atoms with van der Waals surface area (Å²) in [7, 11) is 1.95. The summed E-state index contributed by atoms with van der Waals surface area (Å²) in [5.74, 6) is 1.75. The van der Waals surface area contributed by atoms with Crippen molar-refractivity contribution in [3.63, 3.8) is 0 Å². The lowest BCUT2D eigenvalue weighted by atomic mass is 9.94. The van der Waals surface area contributed by atoms with E-state index in [1.165, 1.54) is 12.8 Å². The molecule has 0 radical (unpaired) electrons. The van der Waals surface area contributed by atoms with E-state index in [1.54, 1.807) is 6.33 Å². The largest absolute Gasteiger partial charge is 0.314 e. The fourth-order valence-electron chi connectivity index (χ4n) is 2.09. The van der Waals surface area contributed by atoms with E-state index in [1.807, 2.05) is 11.7 Å². The number of aromatic nitrogens is 3. The summed E-state index contributed by atoms with van der Waals surface area (Å²) in [6.07, 6.45) is 5.09. The maximum atomic E-state index is 4.29. The molecule has 0 spiro atoms. The molecule has 2 unspecified atom stereocenters. The number of rotatable bonds is 7. The molecule has 0 aromatic carbocycles. The second-order valence-corrected chi connectivity index (χ2v) is 4.43. The fourth-order valence-corrected chi connectivity index (χ4v) is 2.09. The first-order chi connectivity index (χ1) is 7.69. The van der Waals surface area contributed by atoms with Gasteiger partial charge in [-0.05, 0) is 18.9 Å². The molecule has 2 atom stereocenters. The second kappa shape index (κ2) is 6.63. The van der Waals surface area contributed by atoms with Crippen LogP contribution in [0.1, 0.15) is 39.4 Å². The van der Waals surface area contributed by atoms with Gasteiger partial charge in [0.2, 0.25) is 0 Å². The first-order valence-corrected chi connectivity index (χ1v) is 6.25. The Labute approximate surface area is 98.5 Å². The molecule has 1 rings (SSSR count). The average Bonchev–Trinajstić information content (AvgIpc) is 2.64. The third kappa shape index (κ3) is 3.59. The third-order valence-electron chi connectivity index (χ3n) is 3.10. The van der Waals surface area contributed by atoms with Crippen LogP contribution in [0.5, 0.6) is 0 Å². The predicted octanol–water partition coefficient (Wildman–Crippen LogP) is 1.77. The molecule has 0 fully saturated rings. The Kier molecular flexibility index (Phi) is 5.46. The molecule has 0 aliphatic rings. The Morgan fingerprint density at radius 1 is 1.44 bits per heavy atom. The van der Waals surface area contributed by atoms with Crippen molar-refractivity contribution in [3.8, 4) is 0 Å². The smallest absolute Gasteiger partial charge is 0.138 e. The minimum atomic E-state index is 0.507. The van der Waals surface area contributed by atoms with Crippen molar-refractivity contribution in [1.82, 2.24) is 20.1 Å². The van der Waals surface area contributed by atoms with Gasteiger partial charge in [0, 0.05) is 19.5 Å². The molecule has 0 saturated heterocycles. The number of nitrogens with zero attached hydrogens (tertiary/aromatic N) is 3. The van der Waals surface area contributed by atoms with Gasteiger partial charge in [-0.2, -0.15) is 5.10 Å². The molecule has 0 aliphatic carbocycles. The molecular weight excluding hydrogens is 200 g/mol. The number of nitrogens with one attached hydrogen (secondary N) is 1. The Morgan fingerprint density at radius 2 is 2.19 bits per heavy atom. The van der Waals surface area contributed by atoms with Crippen LogP contribution in [-0.4, -0.2) is 27.4 Å². The quantitative estimate of drug-likeness (QED) is 0.767. The van der Waals surface area contributed by atoms with E-state index < -0.39 is 0 Å². The molecule has 4 nitrogen and oxygen atoms in total. The highest BCUT2D eigenvalue weighted by Crippen LogP contribution is 2.14. The first-order valence-electron chi connectivity index (χ1n) is 6.25. The average molecular weight is 224 g/mol. The zero-order valence-electron chi connectivity index (χ0n) is 10.9. The summed E-state index contributed by atoms with van der Waals surface area (Å²) in [4.78, 5) is 4.29. The van der Waals surface area contributed by atoms with Crippen molar-refractivity contribution in [2.45, 2.75) is 46.1 Å². The third-order valence-corrected chi connectivity index (χ3v) is 3.10. The van der Waals surface area contributed by atoms with E-state index in [-0.39, 0.29) is 0 Å². The highest BCUT2D eigenvalue weighted by atomic mass is 15.3. The minimum Gasteiger partial charge on any atom is -0.314 e. The molecule has 1 aromatic heterocycles. The van der Waals surface area contributed by atoms with Crippen LogP contribution >= 0.6 is 0 Å². The van der Waals surface area contributed by atoms with Crippen molar-refractivity contribution in [3.05, 3.63) is 12.2 Å². The molecule has 0 saturated carbocycles. The topological polar surface area (TPSA) is 42.7 Å². The van der Waals surface area contributed by atoms with Crippen LogP contribution in [0.25, 0.3) is 0 Å². The lowest BCUT2D eigenvalue weighted by Crippen LogP contribution is -2.37. The van der Waals surface area contributed by atoms with E-state index >= 15 is 0 Å². The maximum absolute atomic E-state index is 4.29. The van der Waals surface area contributed by atoms with Gasteiger partial charge in [-0.1, -0.05) is 27.2 Å². The molecule has 0 bridgehead atoms. The van der Waals surface area contributed by atoms with Crippen molar-refractivity contribution in [1.29, 1.82) is 0 Å². The number of likely N-dealkylation sites (N-methyl/N-ethyl adjacent to an activating group) is 1. The van der Waals surface area contributed by atoms with Crippen molar-refractivity contribution in [2.24, 2.45) is 13.0 Å². The van der Waals surface area contributed by atoms with E-state index in [4.69, 9.17) is 0 Å². The summed E-state index contributed by atoms with van der Waals surface area (Å²) in [5, 5.41) is 7.66. The Morgan fingerprint density at radius 3 is 2.69 bits per heavy atom. The standard InChI is InChI=1S/C12H24N4/c1-5-7-10(3)11(13-6-2)8-12-14-9-15-16(12)4/h9-11,13H,5-8H2,1-4H3. The number of hydrogen-bond donors (Lipinski definition) is 1. The zero-order chi connectivity index (χ0) is 12.0.